The van der Waals surface area contributed by atoms with Crippen molar-refractivity contribution >= 4 is 11.6 Å². The second-order valence-electron chi connectivity index (χ2n) is 3.48. The van der Waals surface area contributed by atoms with Gasteiger partial charge in [0.05, 0.1) is 5.56 Å². The van der Waals surface area contributed by atoms with Gasteiger partial charge in [-0.2, -0.15) is 0 Å². The van der Waals surface area contributed by atoms with Crippen LogP contribution in [0.15, 0.2) is 18.2 Å². The van der Waals surface area contributed by atoms with Crippen molar-refractivity contribution in [3.63, 3.8) is 0 Å². The number of hydrogen-bond donors (Lipinski definition) is 3. The van der Waals surface area contributed by atoms with E-state index in [4.69, 9.17) is 11.5 Å². The van der Waals surface area contributed by atoms with Crippen LogP contribution in [0, 0.1) is 6.92 Å². The molecule has 1 rings (SSSR count). The molecule has 0 radical (unpaired) electrons. The van der Waals surface area contributed by atoms with Gasteiger partial charge in [-0.1, -0.05) is 6.07 Å². The topological polar surface area (TPSA) is 81.1 Å². The Kier molecular flexibility index (Phi) is 4.12. The highest BCUT2D eigenvalue weighted by molar-refractivity contribution is 5.98. The highest BCUT2D eigenvalue weighted by Gasteiger charge is 2.06. The quantitative estimate of drug-likeness (QED) is 0.626. The van der Waals surface area contributed by atoms with Crippen LogP contribution in [0.5, 0.6) is 0 Å². The predicted octanol–water partition coefficient (Wildman–Crippen LogP) is 0.855. The van der Waals surface area contributed by atoms with Crippen molar-refractivity contribution in [1.82, 2.24) is 0 Å². The summed E-state index contributed by atoms with van der Waals surface area (Å²) in [5.74, 6) is -0.412. The zero-order valence-electron chi connectivity index (χ0n) is 8.92. The van der Waals surface area contributed by atoms with Gasteiger partial charge >= 0.3 is 0 Å². The number of carbonyl (C=O) groups is 1. The van der Waals surface area contributed by atoms with Crippen LogP contribution < -0.4 is 16.8 Å². The third kappa shape index (κ3) is 3.25. The van der Waals surface area contributed by atoms with Gasteiger partial charge in [0, 0.05) is 12.2 Å². The Labute approximate surface area is 89.6 Å². The molecule has 0 saturated carbocycles. The smallest absolute Gasteiger partial charge is 0.250 e. The molecule has 0 unspecified atom stereocenters. The summed E-state index contributed by atoms with van der Waals surface area (Å²) in [6.07, 6.45) is 0.867. The lowest BCUT2D eigenvalue weighted by molar-refractivity contribution is 0.100. The first-order valence-electron chi connectivity index (χ1n) is 4.99. The Morgan fingerprint density at radius 1 is 1.47 bits per heavy atom. The maximum absolute atomic E-state index is 11.1. The molecule has 0 aliphatic carbocycles. The second kappa shape index (κ2) is 5.36. The Balaban J connectivity index is 2.82. The molecule has 0 aliphatic rings. The minimum absolute atomic E-state index is 0.412. The molecule has 82 valence electrons. The first-order valence-corrected chi connectivity index (χ1v) is 4.99. The van der Waals surface area contributed by atoms with E-state index in [0.29, 0.717) is 12.1 Å². The molecule has 0 saturated heterocycles. The summed E-state index contributed by atoms with van der Waals surface area (Å²) in [7, 11) is 0. The van der Waals surface area contributed by atoms with Gasteiger partial charge in [0.15, 0.2) is 0 Å². The minimum Gasteiger partial charge on any atom is -0.384 e. The van der Waals surface area contributed by atoms with E-state index in [1.165, 1.54) is 0 Å². The average Bonchev–Trinajstić information content (AvgIpc) is 2.18. The summed E-state index contributed by atoms with van der Waals surface area (Å²) in [6, 6.07) is 5.52. The van der Waals surface area contributed by atoms with Crippen LogP contribution in [-0.2, 0) is 0 Å². The van der Waals surface area contributed by atoms with E-state index in [9.17, 15) is 4.79 Å². The van der Waals surface area contributed by atoms with Gasteiger partial charge in [-0.15, -0.1) is 0 Å². The second-order valence-corrected chi connectivity index (χ2v) is 3.48. The van der Waals surface area contributed by atoms with Gasteiger partial charge in [-0.25, -0.2) is 0 Å². The standard InChI is InChI=1S/C11H17N3O/c1-8-3-4-9(11(13)15)10(7-8)14-6-2-5-12/h3-4,7,14H,2,5-6,12H2,1H3,(H2,13,15). The van der Waals surface area contributed by atoms with Gasteiger partial charge < -0.3 is 16.8 Å². The zero-order chi connectivity index (χ0) is 11.3. The SMILES string of the molecule is Cc1ccc(C(N)=O)c(NCCCN)c1. The van der Waals surface area contributed by atoms with Gasteiger partial charge in [-0.05, 0) is 37.6 Å². The van der Waals surface area contributed by atoms with E-state index in [-0.39, 0.29) is 0 Å². The number of benzene rings is 1. The fraction of sp³-hybridized carbons (Fsp3) is 0.364. The number of carbonyl (C=O) groups excluding carboxylic acids is 1. The fourth-order valence-electron chi connectivity index (χ4n) is 1.34. The highest BCUT2D eigenvalue weighted by Crippen LogP contribution is 2.16. The van der Waals surface area contributed by atoms with Crippen LogP contribution in [0.25, 0.3) is 0 Å². The lowest BCUT2D eigenvalue weighted by Crippen LogP contribution is -2.16. The molecule has 0 aliphatic heterocycles. The van der Waals surface area contributed by atoms with Gasteiger partial charge in [0.2, 0.25) is 0 Å². The molecular formula is C11H17N3O. The van der Waals surface area contributed by atoms with Gasteiger partial charge in [0.1, 0.15) is 0 Å². The Morgan fingerprint density at radius 3 is 2.80 bits per heavy atom. The van der Waals surface area contributed by atoms with Crippen molar-refractivity contribution in [2.24, 2.45) is 11.5 Å². The monoisotopic (exact) mass is 207 g/mol. The van der Waals surface area contributed by atoms with Crippen molar-refractivity contribution in [1.29, 1.82) is 0 Å². The van der Waals surface area contributed by atoms with Crippen molar-refractivity contribution in [3.05, 3.63) is 29.3 Å². The first kappa shape index (κ1) is 11.5. The van der Waals surface area contributed by atoms with Crippen LogP contribution in [0.3, 0.4) is 0 Å². The van der Waals surface area contributed by atoms with E-state index >= 15 is 0 Å². The lowest BCUT2D eigenvalue weighted by Gasteiger charge is -2.10. The molecule has 1 aromatic rings. The Hall–Kier alpha value is -1.55. The Bertz CT molecular complexity index is 350. The summed E-state index contributed by atoms with van der Waals surface area (Å²) in [4.78, 5) is 11.1. The van der Waals surface area contributed by atoms with E-state index in [0.717, 1.165) is 24.2 Å². The third-order valence-electron chi connectivity index (χ3n) is 2.14. The summed E-state index contributed by atoms with van der Waals surface area (Å²) < 4.78 is 0. The summed E-state index contributed by atoms with van der Waals surface area (Å²) in [5.41, 5.74) is 13.1. The number of hydrogen-bond acceptors (Lipinski definition) is 3. The predicted molar refractivity (Wildman–Crippen MR) is 61.9 cm³/mol. The number of anilines is 1. The maximum atomic E-state index is 11.1. The van der Waals surface area contributed by atoms with Crippen LogP contribution in [0.2, 0.25) is 0 Å². The van der Waals surface area contributed by atoms with Crippen molar-refractivity contribution in [2.75, 3.05) is 18.4 Å². The number of rotatable bonds is 5. The number of primary amides is 1. The molecule has 5 N–H and O–H groups in total. The van der Waals surface area contributed by atoms with Crippen molar-refractivity contribution < 1.29 is 4.79 Å². The molecule has 15 heavy (non-hydrogen) atoms. The van der Waals surface area contributed by atoms with E-state index in [2.05, 4.69) is 5.32 Å². The molecule has 1 aromatic carbocycles. The average molecular weight is 207 g/mol. The van der Waals surface area contributed by atoms with Crippen molar-refractivity contribution in [2.45, 2.75) is 13.3 Å². The molecule has 0 aromatic heterocycles. The lowest BCUT2D eigenvalue weighted by atomic mass is 10.1. The minimum atomic E-state index is -0.412. The number of aryl methyl sites for hydroxylation is 1. The van der Waals surface area contributed by atoms with Crippen LogP contribution in [0.1, 0.15) is 22.3 Å². The summed E-state index contributed by atoms with van der Waals surface area (Å²) in [5, 5.41) is 3.16. The fourth-order valence-corrected chi connectivity index (χ4v) is 1.34. The number of nitrogens with two attached hydrogens (primary N) is 2. The van der Waals surface area contributed by atoms with Gasteiger partial charge in [-0.3, -0.25) is 4.79 Å². The largest absolute Gasteiger partial charge is 0.384 e. The van der Waals surface area contributed by atoms with Crippen LogP contribution >= 0.6 is 0 Å². The third-order valence-corrected chi connectivity index (χ3v) is 2.14. The Morgan fingerprint density at radius 2 is 2.20 bits per heavy atom. The normalized spacial score (nSPS) is 10.0. The summed E-state index contributed by atoms with van der Waals surface area (Å²) >= 11 is 0. The van der Waals surface area contributed by atoms with E-state index in [1.807, 2.05) is 19.1 Å². The molecule has 0 atom stereocenters. The highest BCUT2D eigenvalue weighted by atomic mass is 16.1. The molecule has 4 heteroatoms. The van der Waals surface area contributed by atoms with E-state index < -0.39 is 5.91 Å². The maximum Gasteiger partial charge on any atom is 0.250 e. The first-order chi connectivity index (χ1) is 7.15. The van der Waals surface area contributed by atoms with Crippen molar-refractivity contribution in [3.8, 4) is 0 Å². The molecule has 0 heterocycles. The number of nitrogens with one attached hydrogen (secondary N) is 1. The van der Waals surface area contributed by atoms with Crippen LogP contribution in [-0.4, -0.2) is 19.0 Å². The molecular weight excluding hydrogens is 190 g/mol. The van der Waals surface area contributed by atoms with Gasteiger partial charge in [0.25, 0.3) is 5.91 Å². The summed E-state index contributed by atoms with van der Waals surface area (Å²) in [6.45, 7) is 3.35. The molecule has 0 bridgehead atoms. The molecule has 0 spiro atoms. The molecule has 1 amide bonds. The van der Waals surface area contributed by atoms with Crippen LogP contribution in [0.4, 0.5) is 5.69 Å². The van der Waals surface area contributed by atoms with E-state index in [1.54, 1.807) is 6.07 Å². The zero-order valence-corrected chi connectivity index (χ0v) is 8.92. The number of amides is 1. The molecule has 4 nitrogen and oxygen atoms in total. The molecule has 0 fully saturated rings.